The monoisotopic (exact) mass is 252 g/mol. The van der Waals surface area contributed by atoms with E-state index in [1.54, 1.807) is 34.6 Å². The van der Waals surface area contributed by atoms with Crippen molar-refractivity contribution in [3.05, 3.63) is 22.3 Å². The van der Waals surface area contributed by atoms with Crippen LogP contribution in [0.25, 0.3) is 0 Å². The Kier molecular flexibility index (Phi) is 3.99. The number of rotatable bonds is 3. The predicted octanol–water partition coefficient (Wildman–Crippen LogP) is 2.54. The minimum absolute atomic E-state index is 0.278. The van der Waals surface area contributed by atoms with Gasteiger partial charge in [-0.3, -0.25) is 0 Å². The van der Waals surface area contributed by atoms with E-state index < -0.39 is 17.5 Å². The van der Waals surface area contributed by atoms with Crippen molar-refractivity contribution in [1.82, 2.24) is 0 Å². The molecule has 0 saturated carbocycles. The van der Waals surface area contributed by atoms with Crippen molar-refractivity contribution in [1.29, 1.82) is 0 Å². The molecule has 4 heteroatoms. The number of ether oxygens (including phenoxy) is 2. The van der Waals surface area contributed by atoms with Crippen LogP contribution in [0.1, 0.15) is 41.5 Å². The molecule has 18 heavy (non-hydrogen) atoms. The molecule has 0 spiro atoms. The van der Waals surface area contributed by atoms with Crippen molar-refractivity contribution in [2.24, 2.45) is 0 Å². The number of allylic oxidation sites excluding steroid dienone is 1. The summed E-state index contributed by atoms with van der Waals surface area (Å²) >= 11 is 0. The summed E-state index contributed by atoms with van der Waals surface area (Å²) in [4.78, 5) is 23.9. The minimum atomic E-state index is -0.667. The molecule has 100 valence electrons. The highest BCUT2D eigenvalue weighted by Crippen LogP contribution is 2.36. The van der Waals surface area contributed by atoms with E-state index in [-0.39, 0.29) is 6.61 Å². The van der Waals surface area contributed by atoms with Crippen LogP contribution < -0.4 is 0 Å². The summed E-state index contributed by atoms with van der Waals surface area (Å²) in [6, 6.07) is 0. The second-order valence-corrected chi connectivity index (χ2v) is 5.00. The zero-order valence-corrected chi connectivity index (χ0v) is 11.8. The average molecular weight is 252 g/mol. The van der Waals surface area contributed by atoms with Crippen molar-refractivity contribution in [3.8, 4) is 0 Å². The van der Waals surface area contributed by atoms with Gasteiger partial charge in [0, 0.05) is 0 Å². The molecule has 0 atom stereocenters. The van der Waals surface area contributed by atoms with E-state index in [2.05, 4.69) is 0 Å². The first-order valence-corrected chi connectivity index (χ1v) is 6.02. The van der Waals surface area contributed by atoms with Crippen LogP contribution in [-0.2, 0) is 19.1 Å². The zero-order chi connectivity index (χ0) is 14.1. The van der Waals surface area contributed by atoms with Crippen LogP contribution in [0.5, 0.6) is 0 Å². The molecule has 0 fully saturated rings. The molecule has 0 aromatic heterocycles. The van der Waals surface area contributed by atoms with Gasteiger partial charge in [-0.25, -0.2) is 9.59 Å². The maximum absolute atomic E-state index is 12.0. The van der Waals surface area contributed by atoms with Crippen LogP contribution in [0.15, 0.2) is 22.3 Å². The molecule has 0 N–H and O–H groups in total. The first-order valence-electron chi connectivity index (χ1n) is 6.02. The van der Waals surface area contributed by atoms with E-state index in [0.29, 0.717) is 11.1 Å². The minimum Gasteiger partial charge on any atom is -0.462 e. The van der Waals surface area contributed by atoms with Gasteiger partial charge in [-0.2, -0.15) is 0 Å². The number of hydrogen-bond acceptors (Lipinski definition) is 4. The number of hydrogen-bond donors (Lipinski definition) is 0. The van der Waals surface area contributed by atoms with Crippen LogP contribution in [-0.4, -0.2) is 24.1 Å². The van der Waals surface area contributed by atoms with E-state index in [9.17, 15) is 9.59 Å². The number of esters is 2. The molecular weight excluding hydrogens is 232 g/mol. The van der Waals surface area contributed by atoms with Gasteiger partial charge in [0.1, 0.15) is 5.60 Å². The summed E-state index contributed by atoms with van der Waals surface area (Å²) in [7, 11) is 0. The summed E-state index contributed by atoms with van der Waals surface area (Å²) in [6.07, 6.45) is 0. The standard InChI is InChI=1S/C14H20O4/c1-7-17-12(15)10(8(2)3)11-9(4)14(5,6)18-13(11)16/h7H2,1-6H3. The maximum atomic E-state index is 12.0. The molecule has 0 aromatic carbocycles. The van der Waals surface area contributed by atoms with Crippen molar-refractivity contribution in [2.75, 3.05) is 6.61 Å². The lowest BCUT2D eigenvalue weighted by molar-refractivity contribution is -0.145. The third-order valence-corrected chi connectivity index (χ3v) is 3.06. The molecule has 1 aliphatic heterocycles. The second-order valence-electron chi connectivity index (χ2n) is 5.00. The highest BCUT2D eigenvalue weighted by Gasteiger charge is 2.41. The van der Waals surface area contributed by atoms with Crippen LogP contribution in [0.3, 0.4) is 0 Å². The Hall–Kier alpha value is -1.58. The number of carbonyl (C=O) groups excluding carboxylic acids is 2. The number of carbonyl (C=O) groups is 2. The molecule has 0 bridgehead atoms. The highest BCUT2D eigenvalue weighted by atomic mass is 16.6. The zero-order valence-electron chi connectivity index (χ0n) is 11.8. The van der Waals surface area contributed by atoms with E-state index in [0.717, 1.165) is 11.1 Å². The maximum Gasteiger partial charge on any atom is 0.339 e. The molecule has 0 aromatic rings. The molecule has 1 rings (SSSR count). The van der Waals surface area contributed by atoms with Gasteiger partial charge < -0.3 is 9.47 Å². The summed E-state index contributed by atoms with van der Waals surface area (Å²) in [5.74, 6) is -0.928. The molecule has 1 heterocycles. The summed E-state index contributed by atoms with van der Waals surface area (Å²) in [6.45, 7) is 11.0. The third kappa shape index (κ3) is 2.47. The molecule has 0 radical (unpaired) electrons. The van der Waals surface area contributed by atoms with Crippen LogP contribution in [0.4, 0.5) is 0 Å². The van der Waals surface area contributed by atoms with E-state index >= 15 is 0 Å². The largest absolute Gasteiger partial charge is 0.462 e. The van der Waals surface area contributed by atoms with Gasteiger partial charge in [0.15, 0.2) is 0 Å². The first-order chi connectivity index (χ1) is 8.22. The van der Waals surface area contributed by atoms with Crippen molar-refractivity contribution < 1.29 is 19.1 Å². The molecule has 0 unspecified atom stereocenters. The quantitative estimate of drug-likeness (QED) is 0.572. The molecular formula is C14H20O4. The Morgan fingerprint density at radius 1 is 1.33 bits per heavy atom. The smallest absolute Gasteiger partial charge is 0.339 e. The molecule has 0 amide bonds. The third-order valence-electron chi connectivity index (χ3n) is 3.06. The van der Waals surface area contributed by atoms with Gasteiger partial charge >= 0.3 is 11.9 Å². The Bertz CT molecular complexity index is 448. The Balaban J connectivity index is 3.34. The van der Waals surface area contributed by atoms with E-state index in [1.165, 1.54) is 0 Å². The molecule has 1 aliphatic rings. The van der Waals surface area contributed by atoms with Crippen molar-refractivity contribution in [3.63, 3.8) is 0 Å². The summed E-state index contributed by atoms with van der Waals surface area (Å²) in [5, 5.41) is 0. The lowest BCUT2D eigenvalue weighted by Gasteiger charge is -2.18. The van der Waals surface area contributed by atoms with Gasteiger partial charge in [-0.15, -0.1) is 0 Å². The SMILES string of the molecule is CCOC(=O)C(=C(C)C)C1=C(C)C(C)(C)OC1=O. The molecule has 0 saturated heterocycles. The number of cyclic esters (lactones) is 1. The summed E-state index contributed by atoms with van der Waals surface area (Å²) in [5.41, 5.74) is 1.51. The Labute approximate surface area is 108 Å². The fourth-order valence-electron chi connectivity index (χ4n) is 1.86. The summed E-state index contributed by atoms with van der Waals surface area (Å²) < 4.78 is 10.3. The van der Waals surface area contributed by atoms with Gasteiger partial charge in [-0.1, -0.05) is 5.57 Å². The van der Waals surface area contributed by atoms with Gasteiger partial charge in [-0.05, 0) is 47.1 Å². The molecule has 0 aliphatic carbocycles. The fourth-order valence-corrected chi connectivity index (χ4v) is 1.86. The average Bonchev–Trinajstić information content (AvgIpc) is 2.40. The van der Waals surface area contributed by atoms with E-state index in [1.807, 2.05) is 6.92 Å². The topological polar surface area (TPSA) is 52.6 Å². The van der Waals surface area contributed by atoms with Gasteiger partial charge in [0.2, 0.25) is 0 Å². The Morgan fingerprint density at radius 3 is 2.22 bits per heavy atom. The van der Waals surface area contributed by atoms with Gasteiger partial charge in [0.05, 0.1) is 17.8 Å². The lowest BCUT2D eigenvalue weighted by atomic mass is 9.92. The van der Waals surface area contributed by atoms with Gasteiger partial charge in [0.25, 0.3) is 0 Å². The Morgan fingerprint density at radius 2 is 1.89 bits per heavy atom. The van der Waals surface area contributed by atoms with Crippen LogP contribution in [0.2, 0.25) is 0 Å². The van der Waals surface area contributed by atoms with Crippen molar-refractivity contribution in [2.45, 2.75) is 47.1 Å². The predicted molar refractivity (Wildman–Crippen MR) is 67.9 cm³/mol. The highest BCUT2D eigenvalue weighted by molar-refractivity contribution is 6.09. The van der Waals surface area contributed by atoms with Crippen LogP contribution in [0, 0.1) is 0 Å². The second kappa shape index (κ2) is 4.96. The van der Waals surface area contributed by atoms with E-state index in [4.69, 9.17) is 9.47 Å². The normalized spacial score (nSPS) is 17.6. The molecule has 4 nitrogen and oxygen atoms in total. The fraction of sp³-hybridized carbons (Fsp3) is 0.571. The lowest BCUT2D eigenvalue weighted by Crippen LogP contribution is -2.21. The van der Waals surface area contributed by atoms with Crippen LogP contribution >= 0.6 is 0 Å². The first kappa shape index (κ1) is 14.5. The van der Waals surface area contributed by atoms with Crippen molar-refractivity contribution >= 4 is 11.9 Å².